The first-order chi connectivity index (χ1) is 17.0. The number of hydrogen-bond acceptors (Lipinski definition) is 8. The Hall–Kier alpha value is -3.64. The van der Waals surface area contributed by atoms with Crippen LogP contribution < -0.4 is 10.2 Å². The molecule has 0 bridgehead atoms. The molecule has 1 unspecified atom stereocenters. The minimum Gasteiger partial charge on any atom is -0.447 e. The predicted molar refractivity (Wildman–Crippen MR) is 137 cm³/mol. The third-order valence-electron chi connectivity index (χ3n) is 4.67. The summed E-state index contributed by atoms with van der Waals surface area (Å²) in [5.74, 6) is 1.79. The average molecular weight is 499 g/mol. The summed E-state index contributed by atoms with van der Waals surface area (Å²) in [4.78, 5) is 26.6. The van der Waals surface area contributed by atoms with Crippen molar-refractivity contribution >= 4 is 29.5 Å². The van der Waals surface area contributed by atoms with Crippen molar-refractivity contribution in [3.8, 4) is 24.2 Å². The highest BCUT2D eigenvalue weighted by molar-refractivity contribution is 6.30. The number of hydrogen-bond donors (Lipinski definition) is 1. The molecule has 2 aromatic heterocycles. The van der Waals surface area contributed by atoms with Crippen molar-refractivity contribution in [3.05, 3.63) is 47.4 Å². The molecule has 1 amide bonds. The van der Waals surface area contributed by atoms with E-state index in [-0.39, 0.29) is 6.04 Å². The zero-order valence-electron chi connectivity index (χ0n) is 20.3. The third-order valence-corrected chi connectivity index (χ3v) is 4.92. The van der Waals surface area contributed by atoms with Gasteiger partial charge in [-0.25, -0.2) is 9.78 Å². The number of rotatable bonds is 8. The van der Waals surface area contributed by atoms with E-state index in [0.717, 1.165) is 24.8 Å². The number of amides is 1. The Morgan fingerprint density at radius 1 is 1.14 bits per heavy atom. The lowest BCUT2D eigenvalue weighted by Crippen LogP contribution is -2.25. The summed E-state index contributed by atoms with van der Waals surface area (Å²) in [6, 6.07) is 8.65. The number of halogens is 1. The van der Waals surface area contributed by atoms with Gasteiger partial charge in [-0.3, -0.25) is 4.90 Å². The number of anilines is 2. The standard InChI is InChI=1S/C20H21ClN6O3.C3H8.C2H2/c1-2-3-4-15(18-25-17(26-30-18)13-5-7-14(21)8-6-13)23-19-22-10-9-16(24-19)27-11-12-29-20(27)28;1-3-2;1-2/h5-10,15H,2-4,11-12H2,1H3,(H,22,23,24);3H2,1-2H3;1-2H. The Kier molecular flexibility index (Phi) is 11.5. The Bertz CT molecular complexity index is 1070. The molecular formula is C25H31ClN6O3. The van der Waals surface area contributed by atoms with Crippen LogP contribution in [0.4, 0.5) is 16.6 Å². The van der Waals surface area contributed by atoms with E-state index >= 15 is 0 Å². The van der Waals surface area contributed by atoms with E-state index in [0.29, 0.717) is 41.7 Å². The first kappa shape index (κ1) is 27.6. The Balaban J connectivity index is 0.000000803. The van der Waals surface area contributed by atoms with Crippen LogP contribution in [0.5, 0.6) is 0 Å². The maximum Gasteiger partial charge on any atom is 0.415 e. The summed E-state index contributed by atoms with van der Waals surface area (Å²) in [5, 5.41) is 8.00. The molecular weight excluding hydrogens is 468 g/mol. The number of terminal acetylenes is 1. The predicted octanol–water partition coefficient (Wildman–Crippen LogP) is 6.15. The number of aromatic nitrogens is 4. The zero-order valence-corrected chi connectivity index (χ0v) is 21.0. The molecule has 1 aromatic carbocycles. The first-order valence-electron chi connectivity index (χ1n) is 11.5. The summed E-state index contributed by atoms with van der Waals surface area (Å²) in [5.41, 5.74) is 0.814. The van der Waals surface area contributed by atoms with Gasteiger partial charge >= 0.3 is 6.09 Å². The molecule has 9 nitrogen and oxygen atoms in total. The fourth-order valence-electron chi connectivity index (χ4n) is 3.08. The van der Waals surface area contributed by atoms with E-state index in [1.807, 2.05) is 12.1 Å². The number of nitrogens with one attached hydrogen (secondary N) is 1. The van der Waals surface area contributed by atoms with Crippen molar-refractivity contribution in [1.82, 2.24) is 20.1 Å². The van der Waals surface area contributed by atoms with Crippen LogP contribution >= 0.6 is 11.6 Å². The number of ether oxygens (including phenoxy) is 1. The summed E-state index contributed by atoms with van der Waals surface area (Å²) in [6.07, 6.45) is 13.2. The van der Waals surface area contributed by atoms with Crippen LogP contribution in [0, 0.1) is 12.8 Å². The maximum absolute atomic E-state index is 11.8. The lowest BCUT2D eigenvalue weighted by atomic mass is 10.1. The lowest BCUT2D eigenvalue weighted by molar-refractivity contribution is 0.181. The second-order valence-electron chi connectivity index (χ2n) is 7.51. The summed E-state index contributed by atoms with van der Waals surface area (Å²) >= 11 is 5.95. The molecule has 0 saturated carbocycles. The molecule has 0 aliphatic carbocycles. The van der Waals surface area contributed by atoms with Crippen LogP contribution in [0.3, 0.4) is 0 Å². The van der Waals surface area contributed by atoms with E-state index in [4.69, 9.17) is 20.9 Å². The van der Waals surface area contributed by atoms with Crippen LogP contribution in [0.1, 0.15) is 58.4 Å². The third kappa shape index (κ3) is 7.97. The molecule has 3 heterocycles. The monoisotopic (exact) mass is 498 g/mol. The van der Waals surface area contributed by atoms with Crippen molar-refractivity contribution in [3.63, 3.8) is 0 Å². The quantitative estimate of drug-likeness (QED) is 0.369. The highest BCUT2D eigenvalue weighted by atomic mass is 35.5. The Morgan fingerprint density at radius 3 is 2.49 bits per heavy atom. The van der Waals surface area contributed by atoms with Gasteiger partial charge in [-0.05, 0) is 36.8 Å². The molecule has 0 spiro atoms. The average Bonchev–Trinajstić information content (AvgIpc) is 3.54. The summed E-state index contributed by atoms with van der Waals surface area (Å²) < 4.78 is 10.5. The number of benzene rings is 1. The van der Waals surface area contributed by atoms with Crippen LogP contribution in [0.2, 0.25) is 5.02 Å². The number of carbonyl (C=O) groups excluding carboxylic acids is 1. The molecule has 35 heavy (non-hydrogen) atoms. The Labute approximate surface area is 211 Å². The van der Waals surface area contributed by atoms with Gasteiger partial charge in [0.15, 0.2) is 0 Å². The lowest BCUT2D eigenvalue weighted by Gasteiger charge is -2.16. The first-order valence-corrected chi connectivity index (χ1v) is 11.9. The number of carbonyl (C=O) groups is 1. The highest BCUT2D eigenvalue weighted by Gasteiger charge is 2.26. The zero-order chi connectivity index (χ0) is 25.6. The largest absolute Gasteiger partial charge is 0.447 e. The van der Waals surface area contributed by atoms with Crippen molar-refractivity contribution in [2.24, 2.45) is 0 Å². The second-order valence-corrected chi connectivity index (χ2v) is 7.95. The van der Waals surface area contributed by atoms with Gasteiger partial charge in [0.2, 0.25) is 17.7 Å². The highest BCUT2D eigenvalue weighted by Crippen LogP contribution is 2.26. The molecule has 1 aliphatic heterocycles. The molecule has 1 N–H and O–H groups in total. The summed E-state index contributed by atoms with van der Waals surface area (Å²) in [6.45, 7) is 7.17. The number of cyclic esters (lactones) is 1. The van der Waals surface area contributed by atoms with Crippen molar-refractivity contribution < 1.29 is 14.1 Å². The SMILES string of the molecule is C#C.CCC.CCCCC(Nc1nccc(N2CCOC2=O)n1)c1nc(-c2ccc(Cl)cc2)no1. The van der Waals surface area contributed by atoms with Crippen LogP contribution in [-0.2, 0) is 4.74 Å². The van der Waals surface area contributed by atoms with E-state index < -0.39 is 6.09 Å². The smallest absolute Gasteiger partial charge is 0.415 e. The van der Waals surface area contributed by atoms with Crippen molar-refractivity contribution in [2.45, 2.75) is 52.5 Å². The molecule has 1 atom stereocenters. The van der Waals surface area contributed by atoms with Crippen LogP contribution in [0.25, 0.3) is 11.4 Å². The molecule has 1 fully saturated rings. The van der Waals surface area contributed by atoms with Gasteiger partial charge in [0.05, 0.1) is 6.54 Å². The van der Waals surface area contributed by atoms with E-state index in [1.165, 1.54) is 11.3 Å². The maximum atomic E-state index is 11.8. The van der Waals surface area contributed by atoms with Gasteiger partial charge in [-0.15, -0.1) is 12.8 Å². The van der Waals surface area contributed by atoms with Gasteiger partial charge in [-0.1, -0.05) is 56.8 Å². The fraction of sp³-hybridized carbons (Fsp3) is 0.400. The van der Waals surface area contributed by atoms with Gasteiger partial charge < -0.3 is 14.6 Å². The molecule has 4 rings (SSSR count). The molecule has 3 aromatic rings. The van der Waals surface area contributed by atoms with Crippen molar-refractivity contribution in [2.75, 3.05) is 23.4 Å². The Morgan fingerprint density at radius 2 is 1.86 bits per heavy atom. The van der Waals surface area contributed by atoms with Gasteiger partial charge in [0.25, 0.3) is 0 Å². The van der Waals surface area contributed by atoms with Crippen molar-refractivity contribution in [1.29, 1.82) is 0 Å². The molecule has 10 heteroatoms. The van der Waals surface area contributed by atoms with E-state index in [2.05, 4.69) is 59.0 Å². The van der Waals surface area contributed by atoms with Crippen LogP contribution in [-0.4, -0.2) is 39.4 Å². The van der Waals surface area contributed by atoms with E-state index in [9.17, 15) is 4.79 Å². The minimum atomic E-state index is -0.410. The molecule has 1 saturated heterocycles. The number of unbranched alkanes of at least 4 members (excludes halogenated alkanes) is 1. The van der Waals surface area contributed by atoms with Gasteiger partial charge in [0.1, 0.15) is 18.5 Å². The topological polar surface area (TPSA) is 106 Å². The minimum absolute atomic E-state index is 0.265. The van der Waals surface area contributed by atoms with Gasteiger partial charge in [0, 0.05) is 16.8 Å². The molecule has 0 radical (unpaired) electrons. The second kappa shape index (κ2) is 14.6. The molecule has 186 valence electrons. The number of nitrogens with zero attached hydrogens (tertiary/aromatic N) is 5. The normalized spacial score (nSPS) is 13.1. The fourth-order valence-corrected chi connectivity index (χ4v) is 3.21. The van der Waals surface area contributed by atoms with E-state index in [1.54, 1.807) is 24.4 Å². The summed E-state index contributed by atoms with van der Waals surface area (Å²) in [7, 11) is 0. The van der Waals surface area contributed by atoms with Crippen LogP contribution in [0.15, 0.2) is 41.1 Å². The van der Waals surface area contributed by atoms with Gasteiger partial charge in [-0.2, -0.15) is 9.97 Å². The molecule has 1 aliphatic rings.